The van der Waals surface area contributed by atoms with Gasteiger partial charge in [0.15, 0.2) is 0 Å². The second-order valence-corrected chi connectivity index (χ2v) is 11.6. The van der Waals surface area contributed by atoms with E-state index < -0.39 is 23.3 Å². The van der Waals surface area contributed by atoms with Gasteiger partial charge in [0.1, 0.15) is 0 Å². The summed E-state index contributed by atoms with van der Waals surface area (Å²) in [6, 6.07) is 0. The van der Waals surface area contributed by atoms with Crippen molar-refractivity contribution in [3.8, 4) is 0 Å². The molecule has 0 heterocycles. The van der Waals surface area contributed by atoms with Crippen molar-refractivity contribution in [1.29, 1.82) is 0 Å². The van der Waals surface area contributed by atoms with E-state index in [2.05, 4.69) is 13.8 Å². The molecule has 0 spiro atoms. The van der Waals surface area contributed by atoms with Gasteiger partial charge in [0.05, 0.1) is 0 Å². The van der Waals surface area contributed by atoms with Gasteiger partial charge in [-0.2, -0.15) is 0 Å². The first kappa shape index (κ1) is 11.2. The monoisotopic (exact) mass is 352 g/mol. The Morgan fingerprint density at radius 2 is 2.20 bits per heavy atom. The minimum absolute atomic E-state index is 0.448. The van der Waals surface area contributed by atoms with E-state index in [1.165, 1.54) is 12.8 Å². The Labute approximate surface area is 79.3 Å². The molecule has 0 aliphatic carbocycles. The molecule has 0 aliphatic rings. The Hall–Kier alpha value is 1.19. The van der Waals surface area contributed by atoms with E-state index in [1.807, 2.05) is 0 Å². The number of halogens is 1. The van der Waals surface area contributed by atoms with Crippen molar-refractivity contribution in [2.75, 3.05) is 7.11 Å². The summed E-state index contributed by atoms with van der Waals surface area (Å²) in [6.45, 7) is 4.41. The average molecular weight is 351 g/mol. The van der Waals surface area contributed by atoms with Crippen LogP contribution in [0.5, 0.6) is 0 Å². The van der Waals surface area contributed by atoms with E-state index >= 15 is 0 Å². The first-order valence-electron chi connectivity index (χ1n) is 3.85. The van der Waals surface area contributed by atoms with E-state index in [4.69, 9.17) is 13.0 Å². The first-order valence-corrected chi connectivity index (χ1v) is 13.8. The molecule has 0 radical (unpaired) electrons. The molecular formula is C7H15ClHgO. The van der Waals surface area contributed by atoms with Gasteiger partial charge in [-0.05, 0) is 0 Å². The molecule has 0 aromatic carbocycles. The number of hydrogen-bond donors (Lipinski definition) is 0. The molecule has 58 valence electrons. The van der Waals surface area contributed by atoms with Crippen molar-refractivity contribution >= 4 is 8.25 Å². The molecule has 0 amide bonds. The van der Waals surface area contributed by atoms with Crippen LogP contribution in [0.4, 0.5) is 0 Å². The van der Waals surface area contributed by atoms with Gasteiger partial charge in [0.2, 0.25) is 0 Å². The van der Waals surface area contributed by atoms with Crippen LogP contribution in [0.2, 0.25) is 3.43 Å². The molecule has 0 aromatic rings. The molecule has 0 rings (SSSR count). The summed E-state index contributed by atoms with van der Waals surface area (Å²) in [5, 5.41) is 0. The van der Waals surface area contributed by atoms with Gasteiger partial charge in [0, 0.05) is 0 Å². The van der Waals surface area contributed by atoms with E-state index in [1.54, 1.807) is 7.11 Å². The SMILES string of the molecule is CCCC(OC)[CH](C)[Hg][Cl]. The van der Waals surface area contributed by atoms with Crippen LogP contribution in [0.3, 0.4) is 0 Å². The Balaban J connectivity index is 3.56. The fourth-order valence-electron chi connectivity index (χ4n) is 1.02. The fraction of sp³-hybridized carbons (Fsp3) is 1.00. The van der Waals surface area contributed by atoms with E-state index in [9.17, 15) is 0 Å². The zero-order valence-electron chi connectivity index (χ0n) is 7.06. The molecule has 3 heteroatoms. The van der Waals surface area contributed by atoms with Crippen LogP contribution in [0, 0.1) is 0 Å². The molecule has 0 fully saturated rings. The zero-order valence-corrected chi connectivity index (χ0v) is 13.3. The quantitative estimate of drug-likeness (QED) is 0.693. The molecule has 10 heavy (non-hydrogen) atoms. The van der Waals surface area contributed by atoms with Crippen molar-refractivity contribution < 1.29 is 28.1 Å². The summed E-state index contributed by atoms with van der Waals surface area (Å²) in [5.74, 6) is 0. The number of hydrogen-bond acceptors (Lipinski definition) is 1. The molecular weight excluding hydrogens is 336 g/mol. The Kier molecular flexibility index (Phi) is 7.68. The van der Waals surface area contributed by atoms with Crippen LogP contribution < -0.4 is 0 Å². The van der Waals surface area contributed by atoms with Crippen molar-refractivity contribution in [3.63, 3.8) is 0 Å². The number of ether oxygens (including phenoxy) is 1. The average Bonchev–Trinajstić information content (AvgIpc) is 1.99. The van der Waals surface area contributed by atoms with Gasteiger partial charge in [-0.15, -0.1) is 0 Å². The Bertz CT molecular complexity index is 80.0. The molecule has 0 N–H and O–H groups in total. The molecule has 0 aliphatic heterocycles. The van der Waals surface area contributed by atoms with Crippen LogP contribution in [0.15, 0.2) is 0 Å². The summed E-state index contributed by atoms with van der Waals surface area (Å²) < 4.78 is 6.02. The third kappa shape index (κ3) is 4.14. The molecule has 0 bridgehead atoms. The molecule has 0 saturated carbocycles. The maximum atomic E-state index is 5.90. The zero-order chi connectivity index (χ0) is 7.98. The summed E-state index contributed by atoms with van der Waals surface area (Å²) in [4.78, 5) is 0. The van der Waals surface area contributed by atoms with Crippen LogP contribution in [0.1, 0.15) is 26.7 Å². The van der Waals surface area contributed by atoms with E-state index in [-0.39, 0.29) is 0 Å². The van der Waals surface area contributed by atoms with Crippen LogP contribution in [0.25, 0.3) is 0 Å². The van der Waals surface area contributed by atoms with Crippen molar-refractivity contribution in [1.82, 2.24) is 0 Å². The third-order valence-electron chi connectivity index (χ3n) is 1.75. The number of rotatable bonds is 5. The minimum atomic E-state index is -1.04. The fourth-order valence-corrected chi connectivity index (χ4v) is 5.20. The normalized spacial score (nSPS) is 16.0. The second kappa shape index (κ2) is 6.87. The molecule has 2 atom stereocenters. The Morgan fingerprint density at radius 1 is 1.60 bits per heavy atom. The van der Waals surface area contributed by atoms with Gasteiger partial charge in [0.25, 0.3) is 0 Å². The molecule has 0 aromatic heterocycles. The summed E-state index contributed by atoms with van der Waals surface area (Å²) in [6.07, 6.45) is 2.82. The predicted octanol–water partition coefficient (Wildman–Crippen LogP) is 2.85. The number of methoxy groups -OCH3 is 1. The van der Waals surface area contributed by atoms with Gasteiger partial charge in [-0.25, -0.2) is 0 Å². The van der Waals surface area contributed by atoms with Crippen molar-refractivity contribution in [2.24, 2.45) is 0 Å². The molecule has 2 unspecified atom stereocenters. The van der Waals surface area contributed by atoms with Crippen LogP contribution in [-0.4, -0.2) is 13.2 Å². The molecule has 1 nitrogen and oxygen atoms in total. The van der Waals surface area contributed by atoms with Crippen molar-refractivity contribution in [2.45, 2.75) is 36.2 Å². The van der Waals surface area contributed by atoms with Crippen molar-refractivity contribution in [3.05, 3.63) is 0 Å². The van der Waals surface area contributed by atoms with Crippen LogP contribution >= 0.6 is 8.25 Å². The summed E-state index contributed by atoms with van der Waals surface area (Å²) in [5.41, 5.74) is 0. The predicted molar refractivity (Wildman–Crippen MR) is 41.0 cm³/mol. The first-order chi connectivity index (χ1) is 4.76. The van der Waals surface area contributed by atoms with E-state index in [0.717, 1.165) is 0 Å². The van der Waals surface area contributed by atoms with Gasteiger partial charge in [-0.3, -0.25) is 0 Å². The van der Waals surface area contributed by atoms with E-state index in [0.29, 0.717) is 9.53 Å². The molecule has 0 saturated heterocycles. The van der Waals surface area contributed by atoms with Gasteiger partial charge in [-0.1, -0.05) is 0 Å². The second-order valence-electron chi connectivity index (χ2n) is 2.69. The maximum absolute atomic E-state index is 5.90. The topological polar surface area (TPSA) is 9.23 Å². The van der Waals surface area contributed by atoms with Gasteiger partial charge >= 0.3 is 79.7 Å². The van der Waals surface area contributed by atoms with Crippen LogP contribution in [-0.2, 0) is 28.1 Å². The third-order valence-corrected chi connectivity index (χ3v) is 9.96. The summed E-state index contributed by atoms with van der Waals surface area (Å²) >= 11 is -1.04. The Morgan fingerprint density at radius 3 is 2.50 bits per heavy atom. The standard InChI is InChI=1S/C7H15O.ClH.Hg/c1-4-6-7(5-2)8-3;;/h5,7H,4,6H2,1-3H3;1H;/q;;+1/p-1. The summed E-state index contributed by atoms with van der Waals surface area (Å²) in [7, 11) is 7.69. The van der Waals surface area contributed by atoms with Gasteiger partial charge < -0.3 is 0 Å².